The molecule has 0 saturated carbocycles. The van der Waals surface area contributed by atoms with Crippen LogP contribution in [0.4, 0.5) is 15.8 Å². The second kappa shape index (κ2) is 8.12. The van der Waals surface area contributed by atoms with Gasteiger partial charge in [0.1, 0.15) is 5.82 Å². The second-order valence-electron chi connectivity index (χ2n) is 6.18. The van der Waals surface area contributed by atoms with E-state index in [0.29, 0.717) is 28.5 Å². The van der Waals surface area contributed by atoms with Crippen LogP contribution in [0.5, 0.6) is 0 Å². The van der Waals surface area contributed by atoms with Crippen molar-refractivity contribution in [3.05, 3.63) is 58.9 Å². The number of benzene rings is 2. The quantitative estimate of drug-likeness (QED) is 0.596. The smallest absolute Gasteiger partial charge is 0.123 e. The van der Waals surface area contributed by atoms with Crippen molar-refractivity contribution in [2.45, 2.75) is 19.4 Å². The van der Waals surface area contributed by atoms with Gasteiger partial charge in [0.05, 0.1) is 16.4 Å². The lowest BCUT2D eigenvalue weighted by molar-refractivity contribution is 0.329. The van der Waals surface area contributed by atoms with E-state index in [0.717, 1.165) is 19.4 Å². The highest BCUT2D eigenvalue weighted by molar-refractivity contribution is 8.23. The van der Waals surface area contributed by atoms with Crippen LogP contribution in [0.15, 0.2) is 42.5 Å². The van der Waals surface area contributed by atoms with Crippen LogP contribution in [-0.2, 0) is 6.54 Å². The van der Waals surface area contributed by atoms with Crippen molar-refractivity contribution in [2.24, 2.45) is 0 Å². The van der Waals surface area contributed by atoms with E-state index in [2.05, 4.69) is 5.32 Å². The number of hydrogen-bond acceptors (Lipinski definition) is 5. The van der Waals surface area contributed by atoms with Gasteiger partial charge < -0.3 is 5.32 Å². The first-order valence-corrected chi connectivity index (χ1v) is 10.3. The summed E-state index contributed by atoms with van der Waals surface area (Å²) in [7, 11) is -1.43. The Hall–Kier alpha value is -1.35. The molecule has 1 aliphatic rings. The normalized spacial score (nSPS) is 17.8. The Morgan fingerprint density at radius 3 is 2.65 bits per heavy atom. The summed E-state index contributed by atoms with van der Waals surface area (Å²) < 4.78 is 39.0. The minimum absolute atomic E-state index is 0.274. The number of rotatable bonds is 6. The largest absolute Gasteiger partial charge is 0.320 e. The standard InChI is InChI=1S/C18H23ClFN3O2S/c1-21-10-4-5-11-22-13-14-12-15(20)8-9-17(14)23(26(22,24)25)18-7-3-2-6-16(18)19/h2-3,6-9,12,21,24-25H,4-5,10-11,13H2,1H3. The molecule has 2 aromatic rings. The Morgan fingerprint density at radius 2 is 1.92 bits per heavy atom. The van der Waals surface area contributed by atoms with Crippen LogP contribution in [0.3, 0.4) is 0 Å². The summed E-state index contributed by atoms with van der Waals surface area (Å²) in [6, 6.07) is 11.3. The van der Waals surface area contributed by atoms with Gasteiger partial charge in [-0.05, 0) is 73.3 Å². The molecule has 0 amide bonds. The molecule has 0 radical (unpaired) electrons. The number of nitrogens with zero attached hydrogens (tertiary/aromatic N) is 2. The first-order valence-electron chi connectivity index (χ1n) is 8.46. The fourth-order valence-electron chi connectivity index (χ4n) is 3.07. The molecule has 3 N–H and O–H groups in total. The zero-order valence-corrected chi connectivity index (χ0v) is 16.1. The van der Waals surface area contributed by atoms with Crippen molar-refractivity contribution in [3.63, 3.8) is 0 Å². The molecule has 0 unspecified atom stereocenters. The van der Waals surface area contributed by atoms with Gasteiger partial charge in [0.15, 0.2) is 0 Å². The van der Waals surface area contributed by atoms with Crippen LogP contribution in [-0.4, -0.2) is 33.5 Å². The molecule has 0 aromatic heterocycles. The summed E-state index contributed by atoms with van der Waals surface area (Å²) in [6.45, 7) is 1.61. The highest BCUT2D eigenvalue weighted by Gasteiger charge is 2.38. The zero-order valence-electron chi connectivity index (χ0n) is 14.5. The fourth-order valence-corrected chi connectivity index (χ4v) is 5.13. The molecule has 26 heavy (non-hydrogen) atoms. The van der Waals surface area contributed by atoms with E-state index in [1.807, 2.05) is 7.05 Å². The average Bonchev–Trinajstić information content (AvgIpc) is 2.60. The van der Waals surface area contributed by atoms with Crippen molar-refractivity contribution in [1.82, 2.24) is 9.62 Å². The number of nitrogens with one attached hydrogen (secondary N) is 1. The molecule has 0 aliphatic carbocycles. The van der Waals surface area contributed by atoms with Gasteiger partial charge in [-0.1, -0.05) is 23.7 Å². The molecule has 0 saturated heterocycles. The van der Waals surface area contributed by atoms with Gasteiger partial charge >= 0.3 is 0 Å². The summed E-state index contributed by atoms with van der Waals surface area (Å²) in [5.41, 5.74) is 1.75. The van der Waals surface area contributed by atoms with Crippen LogP contribution in [0.25, 0.3) is 0 Å². The summed E-state index contributed by atoms with van der Waals surface area (Å²) in [6.07, 6.45) is 1.70. The molecule has 1 aliphatic heterocycles. The molecule has 8 heteroatoms. The van der Waals surface area contributed by atoms with Gasteiger partial charge in [0.2, 0.25) is 0 Å². The molecular formula is C18H23ClFN3O2S. The molecule has 2 aromatic carbocycles. The van der Waals surface area contributed by atoms with Crippen LogP contribution < -0.4 is 9.62 Å². The fraction of sp³-hybridized carbons (Fsp3) is 0.333. The Labute approximate surface area is 160 Å². The predicted octanol–water partition coefficient (Wildman–Crippen LogP) is 5.01. The van der Waals surface area contributed by atoms with E-state index in [9.17, 15) is 13.5 Å². The molecule has 5 nitrogen and oxygen atoms in total. The third kappa shape index (κ3) is 3.83. The van der Waals surface area contributed by atoms with Gasteiger partial charge in [0.25, 0.3) is 0 Å². The third-order valence-corrected chi connectivity index (χ3v) is 6.56. The minimum Gasteiger partial charge on any atom is -0.320 e. The molecule has 0 bridgehead atoms. The van der Waals surface area contributed by atoms with E-state index in [1.54, 1.807) is 34.6 Å². The molecular weight excluding hydrogens is 377 g/mol. The molecule has 0 atom stereocenters. The van der Waals surface area contributed by atoms with Crippen LogP contribution in [0.1, 0.15) is 18.4 Å². The lowest BCUT2D eigenvalue weighted by Crippen LogP contribution is -2.42. The maximum atomic E-state index is 13.8. The Balaban J connectivity index is 2.01. The number of fused-ring (bicyclic) bond motifs is 1. The van der Waals surface area contributed by atoms with Crippen molar-refractivity contribution in [3.8, 4) is 0 Å². The Bertz CT molecular complexity index is 778. The van der Waals surface area contributed by atoms with E-state index in [1.165, 1.54) is 16.4 Å². The van der Waals surface area contributed by atoms with E-state index >= 15 is 0 Å². The van der Waals surface area contributed by atoms with Crippen molar-refractivity contribution in [1.29, 1.82) is 0 Å². The summed E-state index contributed by atoms with van der Waals surface area (Å²) in [5.74, 6) is -0.351. The van der Waals surface area contributed by atoms with Gasteiger partial charge in [-0.3, -0.25) is 9.11 Å². The third-order valence-electron chi connectivity index (χ3n) is 4.35. The average molecular weight is 400 g/mol. The van der Waals surface area contributed by atoms with Crippen LogP contribution >= 0.6 is 22.6 Å². The van der Waals surface area contributed by atoms with Crippen LogP contribution in [0, 0.1) is 5.82 Å². The van der Waals surface area contributed by atoms with Gasteiger partial charge in [-0.2, -0.15) is 4.31 Å². The minimum atomic E-state index is -3.31. The SMILES string of the molecule is CNCCCCN1Cc2cc(F)ccc2N(c2ccccc2Cl)S1(O)O. The zero-order chi connectivity index (χ0) is 18.7. The first kappa shape index (κ1) is 19.4. The first-order chi connectivity index (χ1) is 12.4. The highest BCUT2D eigenvalue weighted by Crippen LogP contribution is 2.59. The van der Waals surface area contributed by atoms with Gasteiger partial charge in [-0.25, -0.2) is 8.70 Å². The van der Waals surface area contributed by atoms with Crippen LogP contribution in [0.2, 0.25) is 5.02 Å². The maximum Gasteiger partial charge on any atom is 0.123 e. The highest BCUT2D eigenvalue weighted by atomic mass is 35.5. The summed E-state index contributed by atoms with van der Waals surface area (Å²) in [5, 5.41) is 3.48. The monoisotopic (exact) mass is 399 g/mol. The number of para-hydroxylation sites is 1. The van der Waals surface area contributed by atoms with Crippen molar-refractivity contribution in [2.75, 3.05) is 24.4 Å². The lowest BCUT2D eigenvalue weighted by atomic mass is 10.1. The molecule has 142 valence electrons. The topological polar surface area (TPSA) is 59.0 Å². The van der Waals surface area contributed by atoms with Crippen molar-refractivity contribution >= 4 is 33.9 Å². The van der Waals surface area contributed by atoms with Gasteiger partial charge in [0, 0.05) is 13.1 Å². The Kier molecular flexibility index (Phi) is 6.06. The number of unbranched alkanes of at least 4 members (excludes halogenated alkanes) is 1. The second-order valence-corrected chi connectivity index (χ2v) is 8.45. The molecule has 1 heterocycles. The van der Waals surface area contributed by atoms with Gasteiger partial charge in [-0.15, -0.1) is 0 Å². The number of hydrogen-bond donors (Lipinski definition) is 3. The lowest BCUT2D eigenvalue weighted by Gasteiger charge is -2.54. The predicted molar refractivity (Wildman–Crippen MR) is 106 cm³/mol. The maximum absolute atomic E-state index is 13.8. The number of halogens is 2. The summed E-state index contributed by atoms with van der Waals surface area (Å²) >= 11 is 6.32. The summed E-state index contributed by atoms with van der Waals surface area (Å²) in [4.78, 5) is 0. The van der Waals surface area contributed by atoms with E-state index < -0.39 is 11.0 Å². The number of anilines is 2. The van der Waals surface area contributed by atoms with E-state index in [-0.39, 0.29) is 12.4 Å². The molecule has 0 spiro atoms. The Morgan fingerprint density at radius 1 is 1.15 bits per heavy atom. The molecule has 0 fully saturated rings. The van der Waals surface area contributed by atoms with E-state index in [4.69, 9.17) is 11.6 Å². The molecule has 3 rings (SSSR count). The van der Waals surface area contributed by atoms with Crippen molar-refractivity contribution < 1.29 is 13.5 Å².